The highest BCUT2D eigenvalue weighted by atomic mass is 32.1. The van der Waals surface area contributed by atoms with E-state index in [1.54, 1.807) is 31.4 Å². The molecule has 0 saturated heterocycles. The van der Waals surface area contributed by atoms with Crippen molar-refractivity contribution in [2.24, 2.45) is 0 Å². The van der Waals surface area contributed by atoms with Crippen LogP contribution >= 0.6 is 12.2 Å². The summed E-state index contributed by atoms with van der Waals surface area (Å²) in [5.74, 6) is 1.12. The summed E-state index contributed by atoms with van der Waals surface area (Å²) in [6, 6.07) is 24.1. The predicted molar refractivity (Wildman–Crippen MR) is 125 cm³/mol. The summed E-state index contributed by atoms with van der Waals surface area (Å²) in [5, 5.41) is 5.87. The Morgan fingerprint density at radius 3 is 2.16 bits per heavy atom. The third kappa shape index (κ3) is 7.40. The number of carbonyl (C=O) groups is 1. The largest absolute Gasteiger partial charge is 0.491 e. The van der Waals surface area contributed by atoms with Crippen molar-refractivity contribution in [1.82, 2.24) is 5.32 Å². The fourth-order valence-electron chi connectivity index (χ4n) is 2.66. The average Bonchev–Trinajstić information content (AvgIpc) is 2.80. The molecule has 0 heterocycles. The third-order valence-electron chi connectivity index (χ3n) is 4.26. The van der Waals surface area contributed by atoms with Gasteiger partial charge >= 0.3 is 0 Å². The summed E-state index contributed by atoms with van der Waals surface area (Å²) in [5.41, 5.74) is 2.33. The zero-order chi connectivity index (χ0) is 21.9. The van der Waals surface area contributed by atoms with Gasteiger partial charge in [-0.3, -0.25) is 10.1 Å². The SMILES string of the molecule is COCCOc1ccc(C(=O)NC(=S)Nc2ccc(OCc3ccccc3)cc2)cc1. The number of hydrogen-bond acceptors (Lipinski definition) is 5. The van der Waals surface area contributed by atoms with Gasteiger partial charge in [0, 0.05) is 18.4 Å². The van der Waals surface area contributed by atoms with Gasteiger partial charge in [0.25, 0.3) is 5.91 Å². The Hall–Kier alpha value is -3.42. The molecule has 0 bridgehead atoms. The molecule has 6 nitrogen and oxygen atoms in total. The van der Waals surface area contributed by atoms with Crippen LogP contribution in [0.5, 0.6) is 11.5 Å². The molecule has 160 valence electrons. The van der Waals surface area contributed by atoms with E-state index in [1.807, 2.05) is 54.6 Å². The topological polar surface area (TPSA) is 68.8 Å². The lowest BCUT2D eigenvalue weighted by Crippen LogP contribution is -2.34. The molecule has 0 unspecified atom stereocenters. The van der Waals surface area contributed by atoms with Crippen LogP contribution < -0.4 is 20.1 Å². The molecular formula is C24H24N2O4S. The van der Waals surface area contributed by atoms with Gasteiger partial charge in [-0.25, -0.2) is 0 Å². The number of thiocarbonyl (C=S) groups is 1. The van der Waals surface area contributed by atoms with Gasteiger partial charge in [0.05, 0.1) is 6.61 Å². The molecule has 0 atom stereocenters. The Balaban J connectivity index is 1.45. The highest BCUT2D eigenvalue weighted by Gasteiger charge is 2.08. The van der Waals surface area contributed by atoms with Gasteiger partial charge in [0.2, 0.25) is 0 Å². The molecule has 0 saturated carbocycles. The zero-order valence-corrected chi connectivity index (χ0v) is 18.0. The van der Waals surface area contributed by atoms with E-state index in [0.717, 1.165) is 17.0 Å². The average molecular weight is 437 g/mol. The van der Waals surface area contributed by atoms with E-state index in [-0.39, 0.29) is 11.0 Å². The van der Waals surface area contributed by atoms with Crippen molar-refractivity contribution in [1.29, 1.82) is 0 Å². The van der Waals surface area contributed by atoms with Gasteiger partial charge in [-0.15, -0.1) is 0 Å². The molecule has 0 spiro atoms. The number of benzene rings is 3. The first kappa shape index (κ1) is 22.3. The fourth-order valence-corrected chi connectivity index (χ4v) is 2.87. The van der Waals surface area contributed by atoms with Crippen LogP contribution in [0.15, 0.2) is 78.9 Å². The summed E-state index contributed by atoms with van der Waals surface area (Å²) in [4.78, 5) is 12.4. The van der Waals surface area contributed by atoms with Crippen molar-refractivity contribution in [3.8, 4) is 11.5 Å². The second-order valence-electron chi connectivity index (χ2n) is 6.57. The van der Waals surface area contributed by atoms with Crippen LogP contribution in [0.4, 0.5) is 5.69 Å². The minimum atomic E-state index is -0.302. The minimum Gasteiger partial charge on any atom is -0.491 e. The maximum atomic E-state index is 12.4. The van der Waals surface area contributed by atoms with Crippen molar-refractivity contribution in [2.45, 2.75) is 6.61 Å². The van der Waals surface area contributed by atoms with Gasteiger partial charge in [-0.05, 0) is 66.3 Å². The van der Waals surface area contributed by atoms with E-state index in [2.05, 4.69) is 10.6 Å². The number of anilines is 1. The van der Waals surface area contributed by atoms with Crippen LogP contribution in [-0.4, -0.2) is 31.3 Å². The summed E-state index contributed by atoms with van der Waals surface area (Å²) < 4.78 is 16.2. The molecule has 0 aromatic heterocycles. The summed E-state index contributed by atoms with van der Waals surface area (Å²) in [7, 11) is 1.61. The lowest BCUT2D eigenvalue weighted by molar-refractivity contribution is 0.0977. The van der Waals surface area contributed by atoms with Crippen LogP contribution in [0.3, 0.4) is 0 Å². The molecular weight excluding hydrogens is 412 g/mol. The van der Waals surface area contributed by atoms with Crippen molar-refractivity contribution < 1.29 is 19.0 Å². The van der Waals surface area contributed by atoms with Crippen LogP contribution in [0, 0.1) is 0 Å². The third-order valence-corrected chi connectivity index (χ3v) is 4.46. The molecule has 3 rings (SSSR count). The minimum absolute atomic E-state index is 0.211. The number of carbonyl (C=O) groups excluding carboxylic acids is 1. The van der Waals surface area contributed by atoms with Crippen LogP contribution in [-0.2, 0) is 11.3 Å². The zero-order valence-electron chi connectivity index (χ0n) is 17.2. The highest BCUT2D eigenvalue weighted by Crippen LogP contribution is 2.17. The quantitative estimate of drug-likeness (QED) is 0.382. The van der Waals surface area contributed by atoms with E-state index >= 15 is 0 Å². The Morgan fingerprint density at radius 2 is 1.48 bits per heavy atom. The van der Waals surface area contributed by atoms with E-state index < -0.39 is 0 Å². The van der Waals surface area contributed by atoms with Gasteiger partial charge in [-0.1, -0.05) is 30.3 Å². The van der Waals surface area contributed by atoms with Crippen LogP contribution in [0.2, 0.25) is 0 Å². The smallest absolute Gasteiger partial charge is 0.257 e. The Labute approximate surface area is 187 Å². The molecule has 3 aromatic carbocycles. The second-order valence-corrected chi connectivity index (χ2v) is 6.98. The number of ether oxygens (including phenoxy) is 3. The standard InChI is InChI=1S/C24H24N2O4S/c1-28-15-16-29-21-11-7-19(8-12-21)23(27)26-24(31)25-20-9-13-22(14-10-20)30-17-18-5-3-2-4-6-18/h2-14H,15-17H2,1H3,(H2,25,26,27,31). The molecule has 0 aliphatic carbocycles. The maximum Gasteiger partial charge on any atom is 0.257 e. The van der Waals surface area contributed by atoms with Crippen molar-refractivity contribution in [2.75, 3.05) is 25.6 Å². The number of nitrogens with one attached hydrogen (secondary N) is 2. The van der Waals surface area contributed by atoms with E-state index in [9.17, 15) is 4.79 Å². The molecule has 1 amide bonds. The highest BCUT2D eigenvalue weighted by molar-refractivity contribution is 7.80. The van der Waals surface area contributed by atoms with Gasteiger partial charge in [0.1, 0.15) is 24.7 Å². The van der Waals surface area contributed by atoms with Crippen molar-refractivity contribution in [3.63, 3.8) is 0 Å². The van der Waals surface area contributed by atoms with E-state index in [4.69, 9.17) is 26.4 Å². The lowest BCUT2D eigenvalue weighted by atomic mass is 10.2. The lowest BCUT2D eigenvalue weighted by Gasteiger charge is -2.11. The Bertz CT molecular complexity index is 977. The number of rotatable bonds is 9. The Morgan fingerprint density at radius 1 is 0.839 bits per heavy atom. The van der Waals surface area contributed by atoms with Crippen molar-refractivity contribution >= 4 is 28.9 Å². The number of hydrogen-bond donors (Lipinski definition) is 2. The molecule has 0 aliphatic heterocycles. The van der Waals surface area contributed by atoms with Gasteiger partial charge < -0.3 is 19.5 Å². The Kier molecular flexibility index (Phi) is 8.39. The molecule has 3 aromatic rings. The first-order valence-electron chi connectivity index (χ1n) is 9.75. The molecule has 2 N–H and O–H groups in total. The number of methoxy groups -OCH3 is 1. The van der Waals surface area contributed by atoms with Gasteiger partial charge in [-0.2, -0.15) is 0 Å². The van der Waals surface area contributed by atoms with E-state index in [1.165, 1.54) is 0 Å². The fraction of sp³-hybridized carbons (Fsp3) is 0.167. The molecule has 0 fully saturated rings. The summed E-state index contributed by atoms with van der Waals surface area (Å²) in [6.45, 7) is 1.45. The molecule has 0 radical (unpaired) electrons. The predicted octanol–water partition coefficient (Wildman–Crippen LogP) is 4.42. The van der Waals surface area contributed by atoms with Crippen LogP contribution in [0.1, 0.15) is 15.9 Å². The van der Waals surface area contributed by atoms with Crippen molar-refractivity contribution in [3.05, 3.63) is 90.0 Å². The normalized spacial score (nSPS) is 10.2. The molecule has 0 aliphatic rings. The molecule has 7 heteroatoms. The first-order chi connectivity index (χ1) is 15.1. The molecule has 31 heavy (non-hydrogen) atoms. The van der Waals surface area contributed by atoms with E-state index in [0.29, 0.717) is 31.1 Å². The summed E-state index contributed by atoms with van der Waals surface area (Å²) in [6.07, 6.45) is 0. The second kappa shape index (κ2) is 11.7. The maximum absolute atomic E-state index is 12.4. The monoisotopic (exact) mass is 436 g/mol. The van der Waals surface area contributed by atoms with Crippen LogP contribution in [0.25, 0.3) is 0 Å². The number of amides is 1. The summed E-state index contributed by atoms with van der Waals surface area (Å²) >= 11 is 5.24. The van der Waals surface area contributed by atoms with Gasteiger partial charge in [0.15, 0.2) is 5.11 Å². The first-order valence-corrected chi connectivity index (χ1v) is 10.2.